The van der Waals surface area contributed by atoms with Gasteiger partial charge in [-0.05, 0) is 24.6 Å². The molecule has 0 unspecified atom stereocenters. The van der Waals surface area contributed by atoms with E-state index in [1.165, 1.54) is 12.1 Å². The summed E-state index contributed by atoms with van der Waals surface area (Å²) in [4.78, 5) is 7.41. The molecule has 6 heteroatoms. The number of anilines is 2. The van der Waals surface area contributed by atoms with Crippen molar-refractivity contribution < 1.29 is 4.39 Å². The molecule has 0 saturated carbocycles. The molecule has 0 atom stereocenters. The Morgan fingerprint density at radius 1 is 1.42 bits per heavy atom. The van der Waals surface area contributed by atoms with Crippen LogP contribution in [0.3, 0.4) is 0 Å². The van der Waals surface area contributed by atoms with Gasteiger partial charge in [-0.1, -0.05) is 6.92 Å². The van der Waals surface area contributed by atoms with Crippen LogP contribution in [0, 0.1) is 5.82 Å². The Hall–Kier alpha value is -2.37. The number of H-pyrrole nitrogens is 1. The van der Waals surface area contributed by atoms with Crippen molar-refractivity contribution >= 4 is 22.7 Å². The number of halogens is 1. The number of fused-ring (bicyclic) bond motifs is 1. The van der Waals surface area contributed by atoms with Gasteiger partial charge in [-0.3, -0.25) is 4.68 Å². The molecule has 19 heavy (non-hydrogen) atoms. The average molecular weight is 259 g/mol. The molecule has 0 fully saturated rings. The maximum Gasteiger partial charge on any atom is 0.205 e. The van der Waals surface area contributed by atoms with Crippen molar-refractivity contribution in [3.63, 3.8) is 0 Å². The maximum absolute atomic E-state index is 13.1. The Morgan fingerprint density at radius 3 is 3.05 bits per heavy atom. The Kier molecular flexibility index (Phi) is 2.70. The van der Waals surface area contributed by atoms with Crippen LogP contribution >= 0.6 is 0 Å². The van der Waals surface area contributed by atoms with Crippen molar-refractivity contribution in [2.24, 2.45) is 7.05 Å². The first kappa shape index (κ1) is 11.7. The number of aryl methyl sites for hydroxylation is 2. The van der Waals surface area contributed by atoms with Crippen LogP contribution in [-0.2, 0) is 13.5 Å². The van der Waals surface area contributed by atoms with Gasteiger partial charge < -0.3 is 10.3 Å². The number of imidazole rings is 1. The number of benzene rings is 1. The third kappa shape index (κ3) is 2.16. The van der Waals surface area contributed by atoms with Gasteiger partial charge in [-0.2, -0.15) is 5.10 Å². The van der Waals surface area contributed by atoms with Gasteiger partial charge in [-0.25, -0.2) is 9.37 Å². The van der Waals surface area contributed by atoms with Gasteiger partial charge in [0.1, 0.15) is 5.82 Å². The SMILES string of the molecule is CCc1nn(C)cc1Nc1nc2ccc(F)cc2[nH]1. The summed E-state index contributed by atoms with van der Waals surface area (Å²) in [6.45, 7) is 2.04. The van der Waals surface area contributed by atoms with E-state index in [0.717, 1.165) is 23.3 Å². The molecule has 0 aliphatic heterocycles. The molecular weight excluding hydrogens is 245 g/mol. The number of nitrogens with zero attached hydrogens (tertiary/aromatic N) is 3. The second-order valence-electron chi connectivity index (χ2n) is 4.39. The predicted molar refractivity (Wildman–Crippen MR) is 71.9 cm³/mol. The van der Waals surface area contributed by atoms with E-state index in [9.17, 15) is 4.39 Å². The normalized spacial score (nSPS) is 11.1. The van der Waals surface area contributed by atoms with Crippen LogP contribution in [0.5, 0.6) is 0 Å². The van der Waals surface area contributed by atoms with E-state index in [0.29, 0.717) is 11.5 Å². The van der Waals surface area contributed by atoms with Gasteiger partial charge in [0.25, 0.3) is 0 Å². The van der Waals surface area contributed by atoms with Crippen molar-refractivity contribution in [1.82, 2.24) is 19.7 Å². The quantitative estimate of drug-likeness (QED) is 0.760. The highest BCUT2D eigenvalue weighted by molar-refractivity contribution is 5.78. The number of hydrogen-bond acceptors (Lipinski definition) is 3. The lowest BCUT2D eigenvalue weighted by Gasteiger charge is -2.00. The van der Waals surface area contributed by atoms with Gasteiger partial charge in [0.05, 0.1) is 22.4 Å². The molecule has 2 heterocycles. The summed E-state index contributed by atoms with van der Waals surface area (Å²) in [6.07, 6.45) is 2.73. The zero-order chi connectivity index (χ0) is 13.4. The van der Waals surface area contributed by atoms with Crippen molar-refractivity contribution in [3.8, 4) is 0 Å². The Bertz CT molecular complexity index is 728. The minimum atomic E-state index is -0.279. The number of aromatic nitrogens is 4. The molecule has 98 valence electrons. The first-order chi connectivity index (χ1) is 9.15. The van der Waals surface area contributed by atoms with E-state index >= 15 is 0 Å². The predicted octanol–water partition coefficient (Wildman–Crippen LogP) is 2.74. The molecule has 0 aliphatic carbocycles. The Balaban J connectivity index is 1.96. The topological polar surface area (TPSA) is 58.5 Å². The zero-order valence-electron chi connectivity index (χ0n) is 10.7. The minimum absolute atomic E-state index is 0.279. The molecule has 0 aliphatic rings. The molecule has 3 rings (SSSR count). The largest absolute Gasteiger partial charge is 0.324 e. The highest BCUT2D eigenvalue weighted by atomic mass is 19.1. The fraction of sp³-hybridized carbons (Fsp3) is 0.231. The van der Waals surface area contributed by atoms with Gasteiger partial charge in [-0.15, -0.1) is 0 Å². The highest BCUT2D eigenvalue weighted by Gasteiger charge is 2.09. The highest BCUT2D eigenvalue weighted by Crippen LogP contribution is 2.21. The van der Waals surface area contributed by atoms with Crippen molar-refractivity contribution in [1.29, 1.82) is 0 Å². The summed E-state index contributed by atoms with van der Waals surface area (Å²) in [6, 6.07) is 4.47. The summed E-state index contributed by atoms with van der Waals surface area (Å²) < 4.78 is 14.9. The first-order valence-electron chi connectivity index (χ1n) is 6.10. The molecule has 2 aromatic heterocycles. The Morgan fingerprint density at radius 2 is 2.26 bits per heavy atom. The summed E-state index contributed by atoms with van der Waals surface area (Å²) in [5.41, 5.74) is 3.27. The molecule has 0 radical (unpaired) electrons. The van der Waals surface area contributed by atoms with Crippen LogP contribution in [-0.4, -0.2) is 19.7 Å². The molecule has 1 aromatic carbocycles. The number of nitrogens with one attached hydrogen (secondary N) is 2. The molecule has 3 aromatic rings. The molecule has 0 bridgehead atoms. The van der Waals surface area contributed by atoms with Crippen LogP contribution in [0.4, 0.5) is 16.0 Å². The lowest BCUT2D eigenvalue weighted by Crippen LogP contribution is -1.94. The number of hydrogen-bond donors (Lipinski definition) is 2. The molecular formula is C13H14FN5. The van der Waals surface area contributed by atoms with Crippen molar-refractivity contribution in [3.05, 3.63) is 35.9 Å². The number of aromatic amines is 1. The summed E-state index contributed by atoms with van der Waals surface area (Å²) in [7, 11) is 1.87. The first-order valence-corrected chi connectivity index (χ1v) is 6.10. The fourth-order valence-electron chi connectivity index (χ4n) is 2.07. The van der Waals surface area contributed by atoms with E-state index in [2.05, 4.69) is 20.4 Å². The smallest absolute Gasteiger partial charge is 0.205 e. The van der Waals surface area contributed by atoms with Gasteiger partial charge >= 0.3 is 0 Å². The summed E-state index contributed by atoms with van der Waals surface area (Å²) in [5.74, 6) is 0.307. The Labute approximate surface area is 109 Å². The van der Waals surface area contributed by atoms with Crippen LogP contribution in [0.15, 0.2) is 24.4 Å². The second-order valence-corrected chi connectivity index (χ2v) is 4.39. The van der Waals surface area contributed by atoms with E-state index < -0.39 is 0 Å². The minimum Gasteiger partial charge on any atom is -0.324 e. The van der Waals surface area contributed by atoms with Gasteiger partial charge in [0.2, 0.25) is 5.95 Å². The summed E-state index contributed by atoms with van der Waals surface area (Å²) >= 11 is 0. The van der Waals surface area contributed by atoms with E-state index in [-0.39, 0.29) is 5.82 Å². The summed E-state index contributed by atoms with van der Waals surface area (Å²) in [5, 5.41) is 7.53. The van der Waals surface area contributed by atoms with Crippen LogP contribution in [0.1, 0.15) is 12.6 Å². The fourth-order valence-corrected chi connectivity index (χ4v) is 2.07. The lowest BCUT2D eigenvalue weighted by atomic mass is 10.3. The van der Waals surface area contributed by atoms with E-state index in [1.54, 1.807) is 10.7 Å². The van der Waals surface area contributed by atoms with Crippen LogP contribution in [0.2, 0.25) is 0 Å². The third-order valence-electron chi connectivity index (χ3n) is 2.94. The average Bonchev–Trinajstić information content (AvgIpc) is 2.92. The monoisotopic (exact) mass is 259 g/mol. The van der Waals surface area contributed by atoms with Crippen molar-refractivity contribution in [2.75, 3.05) is 5.32 Å². The van der Waals surface area contributed by atoms with Gasteiger partial charge in [0.15, 0.2) is 0 Å². The standard InChI is InChI=1S/C13H14FN5/c1-3-9-12(7-19(2)18-9)17-13-15-10-5-4-8(14)6-11(10)16-13/h4-7H,3H2,1-2H3,(H2,15,16,17). The van der Waals surface area contributed by atoms with Gasteiger partial charge in [0, 0.05) is 13.2 Å². The molecule has 0 amide bonds. The zero-order valence-corrected chi connectivity index (χ0v) is 10.7. The van der Waals surface area contributed by atoms with E-state index in [4.69, 9.17) is 0 Å². The molecule has 2 N–H and O–H groups in total. The number of rotatable bonds is 3. The molecule has 5 nitrogen and oxygen atoms in total. The molecule has 0 saturated heterocycles. The van der Waals surface area contributed by atoms with Crippen LogP contribution < -0.4 is 5.32 Å². The maximum atomic E-state index is 13.1. The second kappa shape index (κ2) is 4.38. The third-order valence-corrected chi connectivity index (χ3v) is 2.94. The van der Waals surface area contributed by atoms with Crippen molar-refractivity contribution in [2.45, 2.75) is 13.3 Å². The van der Waals surface area contributed by atoms with Crippen LogP contribution in [0.25, 0.3) is 11.0 Å². The molecule has 0 spiro atoms. The van der Waals surface area contributed by atoms with E-state index in [1.807, 2.05) is 20.2 Å². The lowest BCUT2D eigenvalue weighted by molar-refractivity contribution is 0.629.